The molecule has 0 bridgehead atoms. The standard InChI is InChI=1S/C44H44ClF2N7O3/c1-42(2,3)37(53-41(56)43(4)19-20-44(46,47)25-57-43)39-50-24-34(52-39)29-16-12-27(13-17-29)26-10-14-28(15-11-26)33-23-49-38(51-33)35-9-6-22-54(35)40(55)36-31-7-5-8-32(45)30(31)18-21-48-36/h5,7-8,10-18,21,23-24,35,37H,6,9,19-20,22,25H2,1-4H3,(H,49,51)(H,50,52)(H,53,56)/t35-,37-,43-/m1/s1. The zero-order valence-electron chi connectivity index (χ0n) is 32.2. The quantitative estimate of drug-likeness (QED) is 0.141. The summed E-state index contributed by atoms with van der Waals surface area (Å²) in [6.07, 6.45) is 6.37. The van der Waals surface area contributed by atoms with Gasteiger partial charge in [0.05, 0.1) is 35.9 Å². The molecule has 2 saturated heterocycles. The molecule has 5 heterocycles. The number of H-pyrrole nitrogens is 2. The summed E-state index contributed by atoms with van der Waals surface area (Å²) in [7, 11) is 0. The minimum Gasteiger partial charge on any atom is -0.359 e. The van der Waals surface area contributed by atoms with Gasteiger partial charge in [-0.25, -0.2) is 18.7 Å². The number of likely N-dealkylation sites (tertiary alicyclic amines) is 1. The van der Waals surface area contributed by atoms with Gasteiger partial charge in [0.15, 0.2) is 0 Å². The van der Waals surface area contributed by atoms with E-state index in [2.05, 4.69) is 37.4 Å². The number of nitrogens with one attached hydrogen (secondary N) is 3. The van der Waals surface area contributed by atoms with Gasteiger partial charge < -0.3 is 24.9 Å². The van der Waals surface area contributed by atoms with E-state index in [1.165, 1.54) is 0 Å². The second kappa shape index (κ2) is 14.8. The summed E-state index contributed by atoms with van der Waals surface area (Å²) in [4.78, 5) is 49.7. The number of carbonyl (C=O) groups excluding carboxylic acids is 2. The van der Waals surface area contributed by atoms with Gasteiger partial charge in [-0.05, 0) is 66.0 Å². The molecule has 10 nitrogen and oxygen atoms in total. The van der Waals surface area contributed by atoms with Crippen molar-refractivity contribution in [2.24, 2.45) is 5.41 Å². The third-order valence-electron chi connectivity index (χ3n) is 11.2. The summed E-state index contributed by atoms with van der Waals surface area (Å²) < 4.78 is 32.9. The lowest BCUT2D eigenvalue weighted by Crippen LogP contribution is -2.54. The average molecular weight is 792 g/mol. The number of alkyl halides is 2. The predicted octanol–water partition coefficient (Wildman–Crippen LogP) is 9.72. The van der Waals surface area contributed by atoms with Crippen molar-refractivity contribution in [1.82, 2.24) is 35.1 Å². The van der Waals surface area contributed by atoms with Crippen LogP contribution in [-0.2, 0) is 9.53 Å². The number of aromatic nitrogens is 5. The van der Waals surface area contributed by atoms with E-state index in [1.54, 1.807) is 19.3 Å². The van der Waals surface area contributed by atoms with Gasteiger partial charge in [-0.2, -0.15) is 0 Å². The first-order valence-electron chi connectivity index (χ1n) is 19.2. The molecule has 0 aliphatic carbocycles. The molecule has 3 N–H and O–H groups in total. The summed E-state index contributed by atoms with van der Waals surface area (Å²) in [6.45, 7) is 7.35. The molecule has 13 heteroatoms. The molecular formula is C44H44ClF2N7O3. The Morgan fingerprint density at radius 2 is 1.53 bits per heavy atom. The Hall–Kier alpha value is -5.46. The highest BCUT2D eigenvalue weighted by Gasteiger charge is 2.47. The largest absolute Gasteiger partial charge is 0.359 e. The molecule has 0 radical (unpaired) electrons. The summed E-state index contributed by atoms with van der Waals surface area (Å²) in [5.74, 6) is -2.19. The summed E-state index contributed by atoms with van der Waals surface area (Å²) in [6, 6.07) is 23.0. The first-order chi connectivity index (χ1) is 27.2. The zero-order chi connectivity index (χ0) is 40.1. The summed E-state index contributed by atoms with van der Waals surface area (Å²) >= 11 is 6.41. The van der Waals surface area contributed by atoms with Gasteiger partial charge in [-0.3, -0.25) is 14.6 Å². The number of rotatable bonds is 8. The lowest BCUT2D eigenvalue weighted by atomic mass is 9.85. The van der Waals surface area contributed by atoms with Gasteiger partial charge in [0.25, 0.3) is 17.7 Å². The van der Waals surface area contributed by atoms with Crippen LogP contribution in [0.1, 0.15) is 87.6 Å². The van der Waals surface area contributed by atoms with E-state index in [4.69, 9.17) is 21.3 Å². The Morgan fingerprint density at radius 1 is 0.877 bits per heavy atom. The van der Waals surface area contributed by atoms with E-state index >= 15 is 0 Å². The van der Waals surface area contributed by atoms with Crippen molar-refractivity contribution in [3.05, 3.63) is 114 Å². The van der Waals surface area contributed by atoms with Crippen molar-refractivity contribution >= 4 is 34.2 Å². The Balaban J connectivity index is 0.937. The molecule has 2 aliphatic heterocycles. The minimum atomic E-state index is -2.93. The fourth-order valence-corrected chi connectivity index (χ4v) is 7.96. The lowest BCUT2D eigenvalue weighted by Gasteiger charge is -2.38. The lowest BCUT2D eigenvalue weighted by molar-refractivity contribution is -0.190. The number of amides is 2. The topological polar surface area (TPSA) is 129 Å². The highest BCUT2D eigenvalue weighted by atomic mass is 35.5. The maximum absolute atomic E-state index is 13.8. The van der Waals surface area contributed by atoms with Crippen molar-refractivity contribution in [3.63, 3.8) is 0 Å². The molecule has 2 amide bonds. The van der Waals surface area contributed by atoms with Crippen LogP contribution in [-0.4, -0.2) is 66.3 Å². The Kier molecular flexibility index (Phi) is 9.98. The van der Waals surface area contributed by atoms with Crippen LogP contribution in [0.5, 0.6) is 0 Å². The third-order valence-corrected chi connectivity index (χ3v) is 11.5. The van der Waals surface area contributed by atoms with E-state index in [0.717, 1.165) is 63.1 Å². The van der Waals surface area contributed by atoms with Crippen LogP contribution in [0.15, 0.2) is 91.4 Å². The van der Waals surface area contributed by atoms with E-state index in [-0.39, 0.29) is 18.4 Å². The van der Waals surface area contributed by atoms with Crippen LogP contribution >= 0.6 is 11.6 Å². The number of hydrogen-bond donors (Lipinski definition) is 3. The highest BCUT2D eigenvalue weighted by Crippen LogP contribution is 2.38. The van der Waals surface area contributed by atoms with E-state index in [1.807, 2.05) is 92.5 Å². The Bertz CT molecular complexity index is 2430. The van der Waals surface area contributed by atoms with Gasteiger partial charge >= 0.3 is 0 Å². The number of halogens is 3. The molecule has 3 aromatic carbocycles. The molecule has 3 aromatic heterocycles. The smallest absolute Gasteiger partial charge is 0.273 e. The fraction of sp³-hybridized carbons (Fsp3) is 0.341. The van der Waals surface area contributed by atoms with Crippen LogP contribution in [0.4, 0.5) is 8.78 Å². The van der Waals surface area contributed by atoms with Crippen molar-refractivity contribution in [3.8, 4) is 33.6 Å². The molecule has 2 fully saturated rings. The highest BCUT2D eigenvalue weighted by molar-refractivity contribution is 6.35. The Labute approximate surface area is 334 Å². The Morgan fingerprint density at radius 3 is 2.18 bits per heavy atom. The first-order valence-corrected chi connectivity index (χ1v) is 19.5. The maximum Gasteiger partial charge on any atom is 0.273 e. The number of imidazole rings is 2. The van der Waals surface area contributed by atoms with Crippen LogP contribution in [0.3, 0.4) is 0 Å². The van der Waals surface area contributed by atoms with Crippen molar-refractivity contribution in [1.29, 1.82) is 0 Å². The van der Waals surface area contributed by atoms with Crippen LogP contribution in [0.25, 0.3) is 44.4 Å². The molecule has 2 aliphatic rings. The number of fused-ring (bicyclic) bond motifs is 1. The number of benzene rings is 3. The zero-order valence-corrected chi connectivity index (χ0v) is 33.0. The van der Waals surface area contributed by atoms with Crippen molar-refractivity contribution in [2.75, 3.05) is 13.2 Å². The minimum absolute atomic E-state index is 0.0728. The third kappa shape index (κ3) is 7.68. The van der Waals surface area contributed by atoms with Crippen molar-refractivity contribution < 1.29 is 23.1 Å². The molecule has 0 unspecified atom stereocenters. The van der Waals surface area contributed by atoms with Crippen LogP contribution in [0.2, 0.25) is 5.02 Å². The predicted molar refractivity (Wildman–Crippen MR) is 216 cm³/mol. The molecular weight excluding hydrogens is 748 g/mol. The fourth-order valence-electron chi connectivity index (χ4n) is 7.72. The molecule has 294 valence electrons. The van der Waals surface area contributed by atoms with Crippen LogP contribution in [0, 0.1) is 5.41 Å². The SMILES string of the molecule is CC(C)(C)[C@H](NC(=O)[C@@]1(C)CCC(F)(F)CO1)c1ncc(-c2ccc(-c3ccc(-c4cnc([C@H]5CCCN5C(=O)c5nccc6c(Cl)cccc56)[nH]4)cc3)cc2)[nH]1. The van der Waals surface area contributed by atoms with Gasteiger partial charge in [-0.1, -0.05) is 93.0 Å². The van der Waals surface area contributed by atoms with Gasteiger partial charge in [0.2, 0.25) is 0 Å². The first kappa shape index (κ1) is 38.4. The summed E-state index contributed by atoms with van der Waals surface area (Å²) in [5.41, 5.74) is 4.22. The van der Waals surface area contributed by atoms with Gasteiger partial charge in [0, 0.05) is 35.0 Å². The summed E-state index contributed by atoms with van der Waals surface area (Å²) in [5, 5.41) is 5.15. The maximum atomic E-state index is 13.8. The van der Waals surface area contributed by atoms with E-state index < -0.39 is 41.9 Å². The van der Waals surface area contributed by atoms with Gasteiger partial charge in [-0.15, -0.1) is 0 Å². The van der Waals surface area contributed by atoms with E-state index in [9.17, 15) is 18.4 Å². The monoisotopic (exact) mass is 791 g/mol. The number of aromatic amines is 2. The average Bonchev–Trinajstić information content (AvgIpc) is 4.00. The molecule has 8 rings (SSSR count). The normalized spacial score (nSPS) is 20.1. The molecule has 6 aromatic rings. The molecule has 0 spiro atoms. The molecule has 57 heavy (non-hydrogen) atoms. The van der Waals surface area contributed by atoms with Crippen LogP contribution < -0.4 is 5.32 Å². The number of hydrogen-bond acceptors (Lipinski definition) is 6. The molecule has 3 atom stereocenters. The molecule has 0 saturated carbocycles. The number of pyridine rings is 1. The van der Waals surface area contributed by atoms with E-state index in [0.29, 0.717) is 23.1 Å². The second-order valence-corrected chi connectivity index (χ2v) is 16.7. The number of nitrogens with zero attached hydrogens (tertiary/aromatic N) is 4. The second-order valence-electron chi connectivity index (χ2n) is 16.3. The number of carbonyl (C=O) groups is 2. The number of ether oxygens (including phenoxy) is 1. The van der Waals surface area contributed by atoms with Gasteiger partial charge in [0.1, 0.15) is 29.6 Å². The van der Waals surface area contributed by atoms with Crippen molar-refractivity contribution in [2.45, 2.75) is 77.0 Å².